The number of aromatic nitrogens is 4. The van der Waals surface area contributed by atoms with E-state index in [1.807, 2.05) is 37.3 Å². The number of hydrogen-bond acceptors (Lipinski definition) is 5. The number of aryl methyl sites for hydroxylation is 2. The maximum Gasteiger partial charge on any atom is 0.244 e. The van der Waals surface area contributed by atoms with Crippen molar-refractivity contribution >= 4 is 5.91 Å². The van der Waals surface area contributed by atoms with Gasteiger partial charge in [0.25, 0.3) is 0 Å². The Balaban J connectivity index is 1.46. The van der Waals surface area contributed by atoms with E-state index in [1.54, 1.807) is 28.6 Å². The molecular weight excluding hydrogens is 409 g/mol. The van der Waals surface area contributed by atoms with Crippen molar-refractivity contribution in [1.29, 1.82) is 0 Å². The van der Waals surface area contributed by atoms with Gasteiger partial charge in [0.15, 0.2) is 17.5 Å². The molecule has 4 aromatic rings. The monoisotopic (exact) mass is 431 g/mol. The molecule has 0 atom stereocenters. The van der Waals surface area contributed by atoms with Crippen molar-refractivity contribution in [2.45, 2.75) is 33.4 Å². The summed E-state index contributed by atoms with van der Waals surface area (Å²) in [5.74, 6) is 2.16. The van der Waals surface area contributed by atoms with Crippen LogP contribution < -0.4 is 0 Å². The molecule has 32 heavy (non-hydrogen) atoms. The summed E-state index contributed by atoms with van der Waals surface area (Å²) < 4.78 is 21.0. The van der Waals surface area contributed by atoms with Crippen molar-refractivity contribution in [3.05, 3.63) is 77.3 Å². The van der Waals surface area contributed by atoms with E-state index in [-0.39, 0.29) is 18.3 Å². The molecule has 0 spiro atoms. The molecule has 0 unspecified atom stereocenters. The molecule has 162 valence electrons. The summed E-state index contributed by atoms with van der Waals surface area (Å²) in [5.41, 5.74) is 2.88. The van der Waals surface area contributed by atoms with Crippen LogP contribution in [-0.4, -0.2) is 37.1 Å². The molecule has 2 aromatic carbocycles. The van der Waals surface area contributed by atoms with Gasteiger partial charge in [0.1, 0.15) is 23.8 Å². The van der Waals surface area contributed by atoms with E-state index in [0.29, 0.717) is 48.2 Å². The number of carbonyl (C=O) groups excluding carboxylic acids is 1. The molecule has 0 bridgehead atoms. The smallest absolute Gasteiger partial charge is 0.244 e. The van der Waals surface area contributed by atoms with Gasteiger partial charge in [0.2, 0.25) is 5.91 Å². The zero-order chi connectivity index (χ0) is 22.2. The Morgan fingerprint density at radius 2 is 1.91 bits per heavy atom. The van der Waals surface area contributed by atoms with Crippen LogP contribution in [0, 0.1) is 19.7 Å². The minimum Gasteiger partial charge on any atom is -0.446 e. The molecule has 7 nitrogen and oxygen atoms in total. The third-order valence-electron chi connectivity index (χ3n) is 5.59. The third-order valence-corrected chi connectivity index (χ3v) is 5.59. The Labute approximate surface area is 184 Å². The molecule has 1 aliphatic heterocycles. The number of fused-ring (bicyclic) bond motifs is 1. The second-order valence-corrected chi connectivity index (χ2v) is 7.91. The van der Waals surface area contributed by atoms with E-state index in [4.69, 9.17) is 9.40 Å². The number of hydrogen-bond donors (Lipinski definition) is 0. The third kappa shape index (κ3) is 3.79. The van der Waals surface area contributed by atoms with E-state index < -0.39 is 0 Å². The Hall–Kier alpha value is -3.81. The van der Waals surface area contributed by atoms with Crippen molar-refractivity contribution in [1.82, 2.24) is 24.6 Å². The fourth-order valence-electron chi connectivity index (χ4n) is 3.93. The van der Waals surface area contributed by atoms with E-state index in [0.717, 1.165) is 17.0 Å². The molecule has 0 aliphatic carbocycles. The zero-order valence-electron chi connectivity index (χ0n) is 17.9. The lowest BCUT2D eigenvalue weighted by Gasteiger charge is -2.25. The van der Waals surface area contributed by atoms with Crippen molar-refractivity contribution in [3.8, 4) is 22.8 Å². The highest BCUT2D eigenvalue weighted by atomic mass is 19.1. The number of halogens is 1. The van der Waals surface area contributed by atoms with Gasteiger partial charge in [-0.2, -0.15) is 0 Å². The predicted octanol–water partition coefficient (Wildman–Crippen LogP) is 3.94. The van der Waals surface area contributed by atoms with Gasteiger partial charge < -0.3 is 9.32 Å². The fraction of sp³-hybridized carbons (Fsp3) is 0.250. The SMILES string of the molecule is Cc1nc2c(o1)CCN(C(=O)Cn1nc(-c3ccc(F)c(C)c3)nc1-c1ccccc1)C2. The molecule has 1 aliphatic rings. The zero-order valence-corrected chi connectivity index (χ0v) is 17.9. The fourth-order valence-corrected chi connectivity index (χ4v) is 3.93. The quantitative estimate of drug-likeness (QED) is 0.489. The van der Waals surface area contributed by atoms with Crippen molar-refractivity contribution < 1.29 is 13.6 Å². The number of benzene rings is 2. The van der Waals surface area contributed by atoms with Crippen molar-refractivity contribution in [2.24, 2.45) is 0 Å². The Morgan fingerprint density at radius 1 is 1.09 bits per heavy atom. The predicted molar refractivity (Wildman–Crippen MR) is 116 cm³/mol. The number of amides is 1. The minimum atomic E-state index is -0.279. The first-order valence-corrected chi connectivity index (χ1v) is 10.5. The molecule has 0 saturated carbocycles. The minimum absolute atomic E-state index is 0.0452. The summed E-state index contributed by atoms with van der Waals surface area (Å²) in [6.07, 6.45) is 0.644. The van der Waals surface area contributed by atoms with E-state index in [9.17, 15) is 9.18 Å². The Kier molecular flexibility index (Phi) is 5.05. The molecule has 1 amide bonds. The second-order valence-electron chi connectivity index (χ2n) is 7.91. The normalized spacial score (nSPS) is 13.3. The summed E-state index contributed by atoms with van der Waals surface area (Å²) in [6, 6.07) is 14.4. The van der Waals surface area contributed by atoms with Gasteiger partial charge in [0, 0.05) is 31.0 Å². The molecule has 5 rings (SSSR count). The highest BCUT2D eigenvalue weighted by Crippen LogP contribution is 2.25. The lowest BCUT2D eigenvalue weighted by atomic mass is 10.1. The topological polar surface area (TPSA) is 77.0 Å². The lowest BCUT2D eigenvalue weighted by molar-refractivity contribution is -0.133. The molecule has 0 radical (unpaired) electrons. The summed E-state index contributed by atoms with van der Waals surface area (Å²) in [7, 11) is 0. The van der Waals surface area contributed by atoms with Gasteiger partial charge in [-0.05, 0) is 30.7 Å². The maximum absolute atomic E-state index is 13.7. The van der Waals surface area contributed by atoms with Crippen LogP contribution in [0.5, 0.6) is 0 Å². The number of rotatable bonds is 4. The lowest BCUT2D eigenvalue weighted by Crippen LogP contribution is -2.38. The molecule has 8 heteroatoms. The number of nitrogens with zero attached hydrogens (tertiary/aromatic N) is 5. The number of oxazole rings is 1. The summed E-state index contributed by atoms with van der Waals surface area (Å²) in [5, 5.41) is 4.61. The van der Waals surface area contributed by atoms with Crippen LogP contribution in [0.15, 0.2) is 52.9 Å². The van der Waals surface area contributed by atoms with Crippen molar-refractivity contribution in [2.75, 3.05) is 6.54 Å². The van der Waals surface area contributed by atoms with Crippen LogP contribution in [0.4, 0.5) is 4.39 Å². The average molecular weight is 431 g/mol. The molecule has 0 fully saturated rings. The van der Waals surface area contributed by atoms with Gasteiger partial charge in [-0.3, -0.25) is 4.79 Å². The summed E-state index contributed by atoms with van der Waals surface area (Å²) >= 11 is 0. The molecule has 0 N–H and O–H groups in total. The number of carbonyl (C=O) groups is 1. The van der Waals surface area contributed by atoms with Crippen LogP contribution in [-0.2, 0) is 24.3 Å². The van der Waals surface area contributed by atoms with Crippen LogP contribution >= 0.6 is 0 Å². The van der Waals surface area contributed by atoms with Gasteiger partial charge in [-0.25, -0.2) is 19.0 Å². The van der Waals surface area contributed by atoms with E-state index in [1.165, 1.54) is 6.07 Å². The first-order valence-electron chi connectivity index (χ1n) is 10.5. The van der Waals surface area contributed by atoms with Gasteiger partial charge in [0.05, 0.1) is 6.54 Å². The largest absolute Gasteiger partial charge is 0.446 e. The van der Waals surface area contributed by atoms with Crippen LogP contribution in [0.2, 0.25) is 0 Å². The average Bonchev–Trinajstić information content (AvgIpc) is 3.38. The van der Waals surface area contributed by atoms with E-state index >= 15 is 0 Å². The standard InChI is InChI=1S/C24H22FN5O2/c1-15-12-18(8-9-19(15)25)23-27-24(17-6-4-3-5-7-17)30(28-23)14-22(31)29-11-10-21-20(13-29)26-16(2)32-21/h3-9,12H,10-11,13-14H2,1-2H3. The molecule has 2 aromatic heterocycles. The highest BCUT2D eigenvalue weighted by Gasteiger charge is 2.26. The molecular formula is C24H22FN5O2. The summed E-state index contributed by atoms with van der Waals surface area (Å²) in [4.78, 5) is 24.0. The van der Waals surface area contributed by atoms with Crippen LogP contribution in [0.3, 0.4) is 0 Å². The van der Waals surface area contributed by atoms with Crippen LogP contribution in [0.1, 0.15) is 22.9 Å². The first kappa shape index (κ1) is 20.1. The highest BCUT2D eigenvalue weighted by molar-refractivity contribution is 5.77. The molecule has 3 heterocycles. The Bertz CT molecular complexity index is 1300. The van der Waals surface area contributed by atoms with Gasteiger partial charge in [-0.1, -0.05) is 30.3 Å². The van der Waals surface area contributed by atoms with Gasteiger partial charge in [-0.15, -0.1) is 5.10 Å². The maximum atomic E-state index is 13.7. The Morgan fingerprint density at radius 3 is 2.69 bits per heavy atom. The van der Waals surface area contributed by atoms with Crippen molar-refractivity contribution in [3.63, 3.8) is 0 Å². The molecule has 0 saturated heterocycles. The van der Waals surface area contributed by atoms with E-state index in [2.05, 4.69) is 10.1 Å². The van der Waals surface area contributed by atoms with Crippen LogP contribution in [0.25, 0.3) is 22.8 Å². The second kappa shape index (κ2) is 8.03. The first-order chi connectivity index (χ1) is 15.5. The van der Waals surface area contributed by atoms with Gasteiger partial charge >= 0.3 is 0 Å². The summed E-state index contributed by atoms with van der Waals surface area (Å²) in [6.45, 7) is 4.55.